The molecule has 1 heterocycles. The third-order valence-corrected chi connectivity index (χ3v) is 4.10. The number of rotatable bonds is 0. The van der Waals surface area contributed by atoms with E-state index < -0.39 is 0 Å². The highest BCUT2D eigenvalue weighted by atomic mass is 16.5. The first-order valence-corrected chi connectivity index (χ1v) is 6.73. The van der Waals surface area contributed by atoms with E-state index in [0.717, 1.165) is 12.3 Å². The molecule has 1 fully saturated rings. The van der Waals surface area contributed by atoms with Gasteiger partial charge in [-0.2, -0.15) is 0 Å². The molecule has 1 saturated carbocycles. The normalized spacial score (nSPS) is 21.5. The monoisotopic (exact) mass is 231 g/mol. The molecule has 0 saturated heterocycles. The quantitative estimate of drug-likeness (QED) is 0.733. The molecule has 1 aliphatic heterocycles. The van der Waals surface area contributed by atoms with E-state index in [9.17, 15) is 0 Å². The van der Waals surface area contributed by atoms with Gasteiger partial charge in [0.05, 0.1) is 12.2 Å². The van der Waals surface area contributed by atoms with Gasteiger partial charge >= 0.3 is 0 Å². The lowest BCUT2D eigenvalue weighted by atomic mass is 9.83. The van der Waals surface area contributed by atoms with E-state index >= 15 is 0 Å². The van der Waals surface area contributed by atoms with Crippen molar-refractivity contribution in [2.24, 2.45) is 0 Å². The summed E-state index contributed by atoms with van der Waals surface area (Å²) < 4.78 is 6.38. The van der Waals surface area contributed by atoms with Crippen LogP contribution in [0.5, 0.6) is 5.75 Å². The molecule has 3 rings (SSSR count). The van der Waals surface area contributed by atoms with Crippen LogP contribution in [0.15, 0.2) is 12.1 Å². The van der Waals surface area contributed by atoms with Crippen molar-refractivity contribution >= 4 is 5.69 Å². The fourth-order valence-corrected chi connectivity index (χ4v) is 3.20. The van der Waals surface area contributed by atoms with Crippen LogP contribution in [-0.2, 0) is 0 Å². The summed E-state index contributed by atoms with van der Waals surface area (Å²) in [6, 6.07) is 4.40. The standard InChI is InChI=1S/C15H21NO/c1-11-8-12(2)14-13(9-11)16-10-15(17-14)6-4-3-5-7-15/h8-9,16H,3-7,10H2,1-2H3. The second-order valence-electron chi connectivity index (χ2n) is 5.66. The Labute approximate surface area is 103 Å². The maximum atomic E-state index is 6.38. The number of hydrogen-bond donors (Lipinski definition) is 1. The smallest absolute Gasteiger partial charge is 0.146 e. The molecule has 0 unspecified atom stereocenters. The molecular formula is C15H21NO. The highest BCUT2D eigenvalue weighted by Gasteiger charge is 2.37. The summed E-state index contributed by atoms with van der Waals surface area (Å²) in [5.74, 6) is 1.09. The highest BCUT2D eigenvalue weighted by Crippen LogP contribution is 2.42. The molecule has 2 nitrogen and oxygen atoms in total. The summed E-state index contributed by atoms with van der Waals surface area (Å²) in [6.45, 7) is 5.26. The van der Waals surface area contributed by atoms with Gasteiger partial charge in [-0.05, 0) is 56.7 Å². The van der Waals surface area contributed by atoms with Gasteiger partial charge in [0.15, 0.2) is 0 Å². The molecule has 0 bridgehead atoms. The number of nitrogens with one attached hydrogen (secondary N) is 1. The number of ether oxygens (including phenoxy) is 1. The first-order chi connectivity index (χ1) is 8.19. The molecule has 2 aliphatic rings. The van der Waals surface area contributed by atoms with Crippen LogP contribution in [0.1, 0.15) is 43.2 Å². The second kappa shape index (κ2) is 3.94. The Balaban J connectivity index is 1.94. The lowest BCUT2D eigenvalue weighted by Gasteiger charge is -2.42. The van der Waals surface area contributed by atoms with Crippen molar-refractivity contribution in [2.45, 2.75) is 51.6 Å². The number of hydrogen-bond acceptors (Lipinski definition) is 2. The van der Waals surface area contributed by atoms with Crippen LogP contribution in [0.3, 0.4) is 0 Å². The second-order valence-corrected chi connectivity index (χ2v) is 5.66. The summed E-state index contributed by atoms with van der Waals surface area (Å²) >= 11 is 0. The van der Waals surface area contributed by atoms with E-state index in [2.05, 4.69) is 31.3 Å². The summed E-state index contributed by atoms with van der Waals surface area (Å²) in [6.07, 6.45) is 6.38. The molecule has 0 amide bonds. The van der Waals surface area contributed by atoms with Crippen molar-refractivity contribution in [3.63, 3.8) is 0 Å². The van der Waals surface area contributed by atoms with E-state index in [4.69, 9.17) is 4.74 Å². The van der Waals surface area contributed by atoms with E-state index in [1.165, 1.54) is 48.9 Å². The molecule has 0 atom stereocenters. The van der Waals surface area contributed by atoms with Crippen LogP contribution in [0.4, 0.5) is 5.69 Å². The van der Waals surface area contributed by atoms with E-state index in [0.29, 0.717) is 0 Å². The van der Waals surface area contributed by atoms with E-state index in [-0.39, 0.29) is 5.60 Å². The van der Waals surface area contributed by atoms with Gasteiger partial charge in [-0.1, -0.05) is 12.5 Å². The van der Waals surface area contributed by atoms with Crippen LogP contribution in [-0.4, -0.2) is 12.1 Å². The van der Waals surface area contributed by atoms with Crippen molar-refractivity contribution in [2.75, 3.05) is 11.9 Å². The molecule has 1 aromatic rings. The lowest BCUT2D eigenvalue weighted by Crippen LogP contribution is -2.47. The third kappa shape index (κ3) is 1.90. The molecular weight excluding hydrogens is 210 g/mol. The molecule has 0 aromatic heterocycles. The van der Waals surface area contributed by atoms with Gasteiger partial charge in [-0.25, -0.2) is 0 Å². The van der Waals surface area contributed by atoms with Gasteiger partial charge < -0.3 is 10.1 Å². The minimum atomic E-state index is 0.0747. The zero-order valence-electron chi connectivity index (χ0n) is 10.8. The largest absolute Gasteiger partial charge is 0.483 e. The van der Waals surface area contributed by atoms with Crippen molar-refractivity contribution in [1.29, 1.82) is 0 Å². The Kier molecular flexibility index (Phi) is 2.53. The average Bonchev–Trinajstić information content (AvgIpc) is 2.32. The third-order valence-electron chi connectivity index (χ3n) is 4.10. The van der Waals surface area contributed by atoms with Crippen molar-refractivity contribution < 1.29 is 4.74 Å². The summed E-state index contributed by atoms with van der Waals surface area (Å²) in [4.78, 5) is 0. The first kappa shape index (κ1) is 10.9. The van der Waals surface area contributed by atoms with Gasteiger partial charge in [0.1, 0.15) is 11.4 Å². The number of aryl methyl sites for hydroxylation is 2. The maximum absolute atomic E-state index is 6.38. The van der Waals surface area contributed by atoms with Crippen LogP contribution in [0, 0.1) is 13.8 Å². The molecule has 1 spiro atoms. The van der Waals surface area contributed by atoms with E-state index in [1.54, 1.807) is 0 Å². The zero-order chi connectivity index (χ0) is 11.9. The van der Waals surface area contributed by atoms with Gasteiger partial charge in [-0.3, -0.25) is 0 Å². The highest BCUT2D eigenvalue weighted by molar-refractivity contribution is 5.63. The Morgan fingerprint density at radius 1 is 1.12 bits per heavy atom. The molecule has 0 radical (unpaired) electrons. The lowest BCUT2D eigenvalue weighted by molar-refractivity contribution is 0.0362. The molecule has 1 N–H and O–H groups in total. The fraction of sp³-hybridized carbons (Fsp3) is 0.600. The van der Waals surface area contributed by atoms with Gasteiger partial charge in [0, 0.05) is 0 Å². The number of fused-ring (bicyclic) bond motifs is 1. The van der Waals surface area contributed by atoms with Crippen molar-refractivity contribution in [1.82, 2.24) is 0 Å². The topological polar surface area (TPSA) is 21.3 Å². The number of benzene rings is 1. The van der Waals surface area contributed by atoms with Crippen LogP contribution in [0.2, 0.25) is 0 Å². The average molecular weight is 231 g/mol. The minimum Gasteiger partial charge on any atom is -0.483 e. The molecule has 92 valence electrons. The van der Waals surface area contributed by atoms with Crippen molar-refractivity contribution in [3.8, 4) is 5.75 Å². The predicted octanol–water partition coefficient (Wildman–Crippen LogP) is 3.81. The Morgan fingerprint density at radius 2 is 1.88 bits per heavy atom. The zero-order valence-corrected chi connectivity index (χ0v) is 10.8. The summed E-state index contributed by atoms with van der Waals surface area (Å²) in [5.41, 5.74) is 3.82. The summed E-state index contributed by atoms with van der Waals surface area (Å²) in [7, 11) is 0. The Bertz CT molecular complexity index is 433. The van der Waals surface area contributed by atoms with Crippen LogP contribution >= 0.6 is 0 Å². The van der Waals surface area contributed by atoms with Crippen molar-refractivity contribution in [3.05, 3.63) is 23.3 Å². The van der Waals surface area contributed by atoms with Gasteiger partial charge in [-0.15, -0.1) is 0 Å². The summed E-state index contributed by atoms with van der Waals surface area (Å²) in [5, 5.41) is 3.58. The molecule has 1 aliphatic carbocycles. The van der Waals surface area contributed by atoms with Gasteiger partial charge in [0.2, 0.25) is 0 Å². The number of anilines is 1. The predicted molar refractivity (Wildman–Crippen MR) is 70.8 cm³/mol. The minimum absolute atomic E-state index is 0.0747. The SMILES string of the molecule is Cc1cc(C)c2c(c1)NCC1(CCCCC1)O2. The molecule has 1 aromatic carbocycles. The van der Waals surface area contributed by atoms with Gasteiger partial charge in [0.25, 0.3) is 0 Å². The first-order valence-electron chi connectivity index (χ1n) is 6.73. The van der Waals surface area contributed by atoms with E-state index in [1.807, 2.05) is 0 Å². The Morgan fingerprint density at radius 3 is 2.65 bits per heavy atom. The fourth-order valence-electron chi connectivity index (χ4n) is 3.20. The van der Waals surface area contributed by atoms with Crippen LogP contribution < -0.4 is 10.1 Å². The maximum Gasteiger partial charge on any atom is 0.146 e. The molecule has 17 heavy (non-hydrogen) atoms. The van der Waals surface area contributed by atoms with Crippen LogP contribution in [0.25, 0.3) is 0 Å². The Hall–Kier alpha value is -1.18. The molecule has 2 heteroatoms.